The largest absolute Gasteiger partial charge is 0.343 e. The zero-order valence-electron chi connectivity index (χ0n) is 14.3. The minimum atomic E-state index is -0.183. The maximum Gasteiger partial charge on any atom is 0.221 e. The molecule has 25 heavy (non-hydrogen) atoms. The number of aromatic nitrogens is 1. The van der Waals surface area contributed by atoms with E-state index >= 15 is 0 Å². The molecule has 1 heterocycles. The molecule has 3 rings (SSSR count). The highest BCUT2D eigenvalue weighted by atomic mass is 35.5. The molecule has 1 fully saturated rings. The Bertz CT molecular complexity index is 642. The summed E-state index contributed by atoms with van der Waals surface area (Å²) in [6.07, 6.45) is 8.03. The fraction of sp³-hybridized carbons (Fsp3) is 0.474. The number of halogens is 1. The summed E-state index contributed by atoms with van der Waals surface area (Å²) in [6.45, 7) is 0.591. The van der Waals surface area contributed by atoms with E-state index in [0.29, 0.717) is 13.0 Å². The predicted molar refractivity (Wildman–Crippen MR) is 105 cm³/mol. The number of nitrogens with two attached hydrogens (primary N) is 1. The van der Waals surface area contributed by atoms with Crippen LogP contribution in [0.1, 0.15) is 55.1 Å². The van der Waals surface area contributed by atoms with E-state index in [-0.39, 0.29) is 29.8 Å². The third-order valence-corrected chi connectivity index (χ3v) is 5.86. The molecule has 0 bridgehead atoms. The number of amides is 1. The lowest BCUT2D eigenvalue weighted by molar-refractivity contribution is -0.124. The van der Waals surface area contributed by atoms with Crippen molar-refractivity contribution in [3.8, 4) is 0 Å². The van der Waals surface area contributed by atoms with Crippen molar-refractivity contribution in [2.75, 3.05) is 6.54 Å². The lowest BCUT2D eigenvalue weighted by Crippen LogP contribution is -2.39. The van der Waals surface area contributed by atoms with Gasteiger partial charge in [0.1, 0.15) is 11.0 Å². The van der Waals surface area contributed by atoms with Crippen LogP contribution in [0.4, 0.5) is 0 Å². The Labute approximate surface area is 159 Å². The number of nitrogens with one attached hydrogen (secondary N) is 1. The van der Waals surface area contributed by atoms with Crippen molar-refractivity contribution < 1.29 is 4.79 Å². The van der Waals surface area contributed by atoms with Gasteiger partial charge in [0.2, 0.25) is 5.91 Å². The standard InChI is InChI=1S/C19H25N3OS.ClH/c20-14-19(9-5-2-6-10-19)13-16(23)22-17(18-21-11-12-24-18)15-7-3-1-4-8-15;/h1,3-4,7-8,11-12,17H,2,5-6,9-10,13-14,20H2,(H,22,23);1H. The van der Waals surface area contributed by atoms with Gasteiger partial charge in [-0.15, -0.1) is 23.7 Å². The molecule has 2 aromatic rings. The molecule has 1 amide bonds. The van der Waals surface area contributed by atoms with Crippen LogP contribution in [0.25, 0.3) is 0 Å². The lowest BCUT2D eigenvalue weighted by atomic mass is 9.71. The van der Waals surface area contributed by atoms with Crippen LogP contribution >= 0.6 is 23.7 Å². The van der Waals surface area contributed by atoms with Gasteiger partial charge in [-0.1, -0.05) is 49.6 Å². The molecule has 0 saturated heterocycles. The highest BCUT2D eigenvalue weighted by molar-refractivity contribution is 7.09. The van der Waals surface area contributed by atoms with Gasteiger partial charge in [-0.25, -0.2) is 4.98 Å². The smallest absolute Gasteiger partial charge is 0.221 e. The van der Waals surface area contributed by atoms with Gasteiger partial charge in [-0.2, -0.15) is 0 Å². The van der Waals surface area contributed by atoms with Crippen molar-refractivity contribution in [2.24, 2.45) is 11.1 Å². The highest BCUT2D eigenvalue weighted by Gasteiger charge is 2.33. The minimum Gasteiger partial charge on any atom is -0.343 e. The molecule has 1 aromatic carbocycles. The van der Waals surface area contributed by atoms with Crippen LogP contribution in [0.15, 0.2) is 41.9 Å². The number of thiazole rings is 1. The first-order chi connectivity index (χ1) is 11.7. The third-order valence-electron chi connectivity index (χ3n) is 5.02. The zero-order valence-corrected chi connectivity index (χ0v) is 16.0. The minimum absolute atomic E-state index is 0. The van der Waals surface area contributed by atoms with Gasteiger partial charge in [0.05, 0.1) is 0 Å². The second kappa shape index (κ2) is 9.32. The van der Waals surface area contributed by atoms with Crippen LogP contribution in [0.3, 0.4) is 0 Å². The topological polar surface area (TPSA) is 68.0 Å². The average Bonchev–Trinajstić information content (AvgIpc) is 3.15. The fourth-order valence-corrected chi connectivity index (χ4v) is 4.33. The summed E-state index contributed by atoms with van der Waals surface area (Å²) in [5, 5.41) is 6.06. The molecule has 3 N–H and O–H groups in total. The van der Waals surface area contributed by atoms with E-state index in [9.17, 15) is 4.79 Å². The predicted octanol–water partition coefficient (Wildman–Crippen LogP) is 4.07. The SMILES string of the molecule is Cl.NCC1(CC(=O)NC(c2ccccc2)c2nccs2)CCCCC1. The maximum atomic E-state index is 12.8. The molecular formula is C19H26ClN3OS. The molecule has 0 aliphatic heterocycles. The summed E-state index contributed by atoms with van der Waals surface area (Å²) in [6, 6.07) is 9.85. The van der Waals surface area contributed by atoms with Gasteiger partial charge in [-0.3, -0.25) is 4.79 Å². The second-order valence-electron chi connectivity index (χ2n) is 6.72. The molecule has 1 aliphatic rings. The summed E-state index contributed by atoms with van der Waals surface area (Å²) in [4.78, 5) is 17.2. The van der Waals surface area contributed by atoms with Crippen LogP contribution in [-0.4, -0.2) is 17.4 Å². The van der Waals surface area contributed by atoms with E-state index in [4.69, 9.17) is 5.73 Å². The van der Waals surface area contributed by atoms with Crippen molar-refractivity contribution in [1.82, 2.24) is 10.3 Å². The normalized spacial score (nSPS) is 17.3. The quantitative estimate of drug-likeness (QED) is 0.794. The number of rotatable bonds is 6. The number of nitrogens with zero attached hydrogens (tertiary/aromatic N) is 1. The van der Waals surface area contributed by atoms with Crippen molar-refractivity contribution in [2.45, 2.75) is 44.6 Å². The van der Waals surface area contributed by atoms with E-state index in [1.165, 1.54) is 19.3 Å². The lowest BCUT2D eigenvalue weighted by Gasteiger charge is -2.36. The molecule has 1 aliphatic carbocycles. The number of hydrogen-bond donors (Lipinski definition) is 2. The zero-order chi connectivity index (χ0) is 16.8. The molecule has 0 spiro atoms. The van der Waals surface area contributed by atoms with Gasteiger partial charge < -0.3 is 11.1 Å². The van der Waals surface area contributed by atoms with Gasteiger partial charge in [0, 0.05) is 18.0 Å². The summed E-state index contributed by atoms with van der Waals surface area (Å²) >= 11 is 1.57. The summed E-state index contributed by atoms with van der Waals surface area (Å²) in [5.41, 5.74) is 7.07. The van der Waals surface area contributed by atoms with Crippen molar-refractivity contribution >= 4 is 29.7 Å². The Morgan fingerprint density at radius 3 is 2.56 bits per heavy atom. The Kier molecular flexibility index (Phi) is 7.41. The molecular weight excluding hydrogens is 354 g/mol. The van der Waals surface area contributed by atoms with Crippen molar-refractivity contribution in [3.05, 3.63) is 52.5 Å². The number of carbonyl (C=O) groups excluding carboxylic acids is 1. The van der Waals surface area contributed by atoms with E-state index < -0.39 is 0 Å². The van der Waals surface area contributed by atoms with Gasteiger partial charge in [0.25, 0.3) is 0 Å². The first-order valence-corrected chi connectivity index (χ1v) is 9.54. The third kappa shape index (κ3) is 5.03. The van der Waals surface area contributed by atoms with Crippen LogP contribution in [0, 0.1) is 5.41 Å². The maximum absolute atomic E-state index is 12.8. The van der Waals surface area contributed by atoms with Crippen molar-refractivity contribution in [1.29, 1.82) is 0 Å². The Hall–Kier alpha value is -1.43. The molecule has 1 saturated carbocycles. The van der Waals surface area contributed by atoms with Gasteiger partial charge >= 0.3 is 0 Å². The monoisotopic (exact) mass is 379 g/mol. The van der Waals surface area contributed by atoms with Crippen LogP contribution < -0.4 is 11.1 Å². The number of carbonyl (C=O) groups is 1. The van der Waals surface area contributed by atoms with E-state index in [2.05, 4.69) is 10.3 Å². The van der Waals surface area contributed by atoms with E-state index in [1.807, 2.05) is 35.7 Å². The highest BCUT2D eigenvalue weighted by Crippen LogP contribution is 2.38. The Balaban J connectivity index is 0.00000225. The molecule has 1 aromatic heterocycles. The molecule has 0 radical (unpaired) electrons. The number of hydrogen-bond acceptors (Lipinski definition) is 4. The molecule has 4 nitrogen and oxygen atoms in total. The Morgan fingerprint density at radius 2 is 1.96 bits per heavy atom. The number of benzene rings is 1. The van der Waals surface area contributed by atoms with Gasteiger partial charge in [0.15, 0.2) is 0 Å². The summed E-state index contributed by atoms with van der Waals surface area (Å²) in [5.74, 6) is 0.0754. The molecule has 136 valence electrons. The second-order valence-corrected chi connectivity index (χ2v) is 7.65. The van der Waals surface area contributed by atoms with E-state index in [0.717, 1.165) is 23.4 Å². The van der Waals surface area contributed by atoms with Crippen molar-refractivity contribution in [3.63, 3.8) is 0 Å². The van der Waals surface area contributed by atoms with E-state index in [1.54, 1.807) is 17.5 Å². The fourth-order valence-electron chi connectivity index (χ4n) is 3.62. The summed E-state index contributed by atoms with van der Waals surface area (Å²) < 4.78 is 0. The molecule has 1 unspecified atom stereocenters. The van der Waals surface area contributed by atoms with Crippen LogP contribution in [-0.2, 0) is 4.79 Å². The Morgan fingerprint density at radius 1 is 1.24 bits per heavy atom. The molecule has 6 heteroatoms. The van der Waals surface area contributed by atoms with Crippen LogP contribution in [0.5, 0.6) is 0 Å². The average molecular weight is 380 g/mol. The van der Waals surface area contributed by atoms with Crippen LogP contribution in [0.2, 0.25) is 0 Å². The first-order valence-electron chi connectivity index (χ1n) is 8.66. The summed E-state index contributed by atoms with van der Waals surface area (Å²) in [7, 11) is 0. The van der Waals surface area contributed by atoms with Gasteiger partial charge in [-0.05, 0) is 30.4 Å². The molecule has 1 atom stereocenters. The first kappa shape index (κ1) is 19.9.